The van der Waals surface area contributed by atoms with E-state index in [1.54, 1.807) is 30.3 Å². The van der Waals surface area contributed by atoms with E-state index in [-0.39, 0.29) is 11.1 Å². The summed E-state index contributed by atoms with van der Waals surface area (Å²) in [5, 5.41) is 11.8. The summed E-state index contributed by atoms with van der Waals surface area (Å²) in [5.74, 6) is 0.476. The van der Waals surface area contributed by atoms with E-state index in [1.807, 2.05) is 36.4 Å². The summed E-state index contributed by atoms with van der Waals surface area (Å²) >= 11 is 0. The number of ether oxygens (including phenoxy) is 1. The van der Waals surface area contributed by atoms with Gasteiger partial charge >= 0.3 is 5.97 Å². The number of carboxylic acids is 1. The summed E-state index contributed by atoms with van der Waals surface area (Å²) in [6.07, 6.45) is 5.48. The van der Waals surface area contributed by atoms with Crippen LogP contribution in [0.5, 0.6) is 11.5 Å². The predicted molar refractivity (Wildman–Crippen MR) is 162 cm³/mol. The molecular formula is C35H38N2O4. The van der Waals surface area contributed by atoms with Gasteiger partial charge in [-0.3, -0.25) is 4.79 Å². The average molecular weight is 551 g/mol. The van der Waals surface area contributed by atoms with Crippen LogP contribution in [0.3, 0.4) is 0 Å². The third kappa shape index (κ3) is 6.43. The van der Waals surface area contributed by atoms with Crippen LogP contribution in [0.2, 0.25) is 0 Å². The van der Waals surface area contributed by atoms with Gasteiger partial charge in [0.1, 0.15) is 17.2 Å². The highest BCUT2D eigenvalue weighted by Gasteiger charge is 2.30. The number of nitrogens with zero attached hydrogens (tertiary/aromatic N) is 2. The van der Waals surface area contributed by atoms with Crippen molar-refractivity contribution in [1.82, 2.24) is 9.88 Å². The zero-order valence-electron chi connectivity index (χ0n) is 24.3. The lowest BCUT2D eigenvalue weighted by Gasteiger charge is -2.25. The molecule has 212 valence electrons. The molecule has 0 aliphatic heterocycles. The zero-order valence-corrected chi connectivity index (χ0v) is 24.3. The number of aromatic nitrogens is 1. The van der Waals surface area contributed by atoms with E-state index in [0.29, 0.717) is 17.2 Å². The fourth-order valence-electron chi connectivity index (χ4n) is 5.74. The Morgan fingerprint density at radius 2 is 1.61 bits per heavy atom. The lowest BCUT2D eigenvalue weighted by Crippen LogP contribution is -2.36. The Labute approximate surface area is 242 Å². The van der Waals surface area contributed by atoms with Gasteiger partial charge in [-0.1, -0.05) is 95.0 Å². The number of carbonyl (C=O) groups excluding carboxylic acids is 1. The summed E-state index contributed by atoms with van der Waals surface area (Å²) in [6, 6.07) is 23.5. The van der Waals surface area contributed by atoms with Crippen molar-refractivity contribution in [3.05, 3.63) is 101 Å². The first-order valence-electron chi connectivity index (χ1n) is 14.4. The largest absolute Gasteiger partial charge is 0.479 e. The monoisotopic (exact) mass is 550 g/mol. The van der Waals surface area contributed by atoms with E-state index in [1.165, 1.54) is 30.4 Å². The highest BCUT2D eigenvalue weighted by atomic mass is 16.5. The van der Waals surface area contributed by atoms with Crippen LogP contribution in [0, 0.1) is 5.92 Å². The van der Waals surface area contributed by atoms with E-state index >= 15 is 0 Å². The van der Waals surface area contributed by atoms with E-state index in [9.17, 15) is 14.7 Å². The topological polar surface area (TPSA) is 79.7 Å². The molecule has 1 atom stereocenters. The fourth-order valence-corrected chi connectivity index (χ4v) is 5.74. The summed E-state index contributed by atoms with van der Waals surface area (Å²) in [7, 11) is 1.53. The van der Waals surface area contributed by atoms with Crippen LogP contribution in [0.1, 0.15) is 79.8 Å². The Bertz CT molecular complexity index is 1530. The van der Waals surface area contributed by atoms with Gasteiger partial charge in [0.2, 0.25) is 0 Å². The number of carboxylic acid groups (broad SMARTS) is 1. The van der Waals surface area contributed by atoms with Gasteiger partial charge in [0.15, 0.2) is 6.04 Å². The third-order valence-electron chi connectivity index (χ3n) is 8.07. The van der Waals surface area contributed by atoms with E-state index in [4.69, 9.17) is 9.72 Å². The van der Waals surface area contributed by atoms with Gasteiger partial charge < -0.3 is 14.7 Å². The molecule has 1 aliphatic carbocycles. The molecule has 0 spiro atoms. The molecule has 1 unspecified atom stereocenters. The Morgan fingerprint density at radius 1 is 0.951 bits per heavy atom. The summed E-state index contributed by atoms with van der Waals surface area (Å²) in [6.45, 7) is 6.56. The number of fused-ring (bicyclic) bond motifs is 1. The first kappa shape index (κ1) is 28.3. The predicted octanol–water partition coefficient (Wildman–Crippen LogP) is 7.96. The lowest BCUT2D eigenvalue weighted by atomic mass is 9.87. The maximum Gasteiger partial charge on any atom is 0.331 e. The van der Waals surface area contributed by atoms with E-state index < -0.39 is 17.9 Å². The van der Waals surface area contributed by atoms with Crippen LogP contribution in [0.4, 0.5) is 0 Å². The minimum absolute atomic E-state index is 0.0665. The number of benzene rings is 3. The Kier molecular flexibility index (Phi) is 8.11. The van der Waals surface area contributed by atoms with Crippen molar-refractivity contribution in [2.75, 3.05) is 7.05 Å². The normalized spacial score (nSPS) is 14.6. The van der Waals surface area contributed by atoms with Gasteiger partial charge in [-0.15, -0.1) is 0 Å². The smallest absolute Gasteiger partial charge is 0.331 e. The summed E-state index contributed by atoms with van der Waals surface area (Å²) in [4.78, 5) is 32.0. The molecular weight excluding hydrogens is 512 g/mol. The lowest BCUT2D eigenvalue weighted by molar-refractivity contribution is -0.142. The van der Waals surface area contributed by atoms with Crippen LogP contribution in [0.25, 0.3) is 10.8 Å². The highest BCUT2D eigenvalue weighted by Crippen LogP contribution is 2.34. The Balaban J connectivity index is 1.48. The summed E-state index contributed by atoms with van der Waals surface area (Å²) in [5.41, 5.74) is 2.95. The summed E-state index contributed by atoms with van der Waals surface area (Å²) < 4.78 is 6.23. The van der Waals surface area contributed by atoms with E-state index in [2.05, 4.69) is 32.9 Å². The number of carbonyl (C=O) groups is 2. The Morgan fingerprint density at radius 3 is 2.24 bits per heavy atom. The SMILES string of the molecule is CN(C(=O)c1cc2ccc(Oc3ccc(C(C)(C)C)cc3)cc2c(CC2CCCC2)n1)C(C(=O)O)c1ccccc1. The molecule has 4 aromatic rings. The van der Waals surface area contributed by atoms with Crippen LogP contribution < -0.4 is 4.74 Å². The first-order valence-corrected chi connectivity index (χ1v) is 14.4. The van der Waals surface area contributed by atoms with Crippen molar-refractivity contribution in [3.8, 4) is 11.5 Å². The molecule has 1 amide bonds. The molecule has 1 aromatic heterocycles. The molecule has 0 bridgehead atoms. The van der Waals surface area contributed by atoms with Crippen molar-refractivity contribution in [2.24, 2.45) is 5.92 Å². The molecule has 1 N–H and O–H groups in total. The van der Waals surface area contributed by atoms with Crippen molar-refractivity contribution in [3.63, 3.8) is 0 Å². The molecule has 1 saturated carbocycles. The number of amides is 1. The molecule has 3 aromatic carbocycles. The number of hydrogen-bond donors (Lipinski definition) is 1. The number of pyridine rings is 1. The molecule has 41 heavy (non-hydrogen) atoms. The van der Waals surface area contributed by atoms with Gasteiger partial charge in [-0.25, -0.2) is 9.78 Å². The number of aliphatic carboxylic acids is 1. The molecule has 1 aliphatic rings. The number of hydrogen-bond acceptors (Lipinski definition) is 4. The molecule has 6 heteroatoms. The van der Waals surface area contributed by atoms with Crippen molar-refractivity contribution in [1.29, 1.82) is 0 Å². The van der Waals surface area contributed by atoms with Gasteiger partial charge in [-0.05, 0) is 64.6 Å². The van der Waals surface area contributed by atoms with Crippen molar-refractivity contribution in [2.45, 2.75) is 64.3 Å². The second kappa shape index (κ2) is 11.7. The maximum absolute atomic E-state index is 13.7. The second-order valence-corrected chi connectivity index (χ2v) is 12.1. The molecule has 6 nitrogen and oxygen atoms in total. The third-order valence-corrected chi connectivity index (χ3v) is 8.07. The molecule has 0 radical (unpaired) electrons. The molecule has 5 rings (SSSR count). The van der Waals surface area contributed by atoms with Crippen LogP contribution in [0.15, 0.2) is 78.9 Å². The van der Waals surface area contributed by atoms with E-state index in [0.717, 1.165) is 41.5 Å². The Hall–Kier alpha value is -4.19. The second-order valence-electron chi connectivity index (χ2n) is 12.1. The number of rotatable bonds is 8. The van der Waals surface area contributed by atoms with Crippen LogP contribution >= 0.6 is 0 Å². The van der Waals surface area contributed by atoms with Crippen LogP contribution in [-0.2, 0) is 16.6 Å². The van der Waals surface area contributed by atoms with Crippen molar-refractivity contribution < 1.29 is 19.4 Å². The fraction of sp³-hybridized carbons (Fsp3) is 0.343. The van der Waals surface area contributed by atoms with Crippen molar-refractivity contribution >= 4 is 22.6 Å². The zero-order chi connectivity index (χ0) is 29.1. The van der Waals surface area contributed by atoms with Gasteiger partial charge in [0.25, 0.3) is 5.91 Å². The quantitative estimate of drug-likeness (QED) is 0.241. The maximum atomic E-state index is 13.7. The molecule has 1 heterocycles. The van der Waals surface area contributed by atoms with Gasteiger partial charge in [0.05, 0.1) is 0 Å². The minimum Gasteiger partial charge on any atom is -0.479 e. The van der Waals surface area contributed by atoms with Gasteiger partial charge in [-0.2, -0.15) is 0 Å². The highest BCUT2D eigenvalue weighted by molar-refractivity contribution is 5.99. The van der Waals surface area contributed by atoms with Crippen LogP contribution in [-0.4, -0.2) is 33.9 Å². The van der Waals surface area contributed by atoms with Gasteiger partial charge in [0, 0.05) is 18.1 Å². The first-order chi connectivity index (χ1) is 19.6. The molecule has 0 saturated heterocycles. The minimum atomic E-state index is -1.11. The average Bonchev–Trinajstić information content (AvgIpc) is 3.46. The molecule has 1 fully saturated rings. The number of likely N-dealkylation sites (N-methyl/N-ethyl adjacent to an activating group) is 1. The standard InChI is InChI=1S/C35H38N2O4/c1-35(2,3)26-15-18-27(19-16-26)41-28-17-14-25-21-31(36-30(29(25)22-28)20-23-10-8-9-11-23)33(38)37(4)32(34(39)40)24-12-6-5-7-13-24/h5-7,12-19,21-23,32H,8-11,20H2,1-4H3,(H,39,40).